The number of nitro groups is 1. The number of ether oxygens (including phenoxy) is 2. The van der Waals surface area contributed by atoms with E-state index < -0.39 is 4.92 Å². The maximum atomic E-state index is 10.8. The lowest BCUT2D eigenvalue weighted by Crippen LogP contribution is -1.96. The first kappa shape index (κ1) is 13.6. The largest absolute Gasteiger partial charge is 0.481 e. The molecular formula is C10H9N3O4S2. The van der Waals surface area contributed by atoms with E-state index >= 15 is 0 Å². The zero-order valence-corrected chi connectivity index (χ0v) is 11.7. The fourth-order valence-corrected chi connectivity index (χ4v) is 3.07. The third-order valence-corrected chi connectivity index (χ3v) is 4.06. The van der Waals surface area contributed by atoms with Crippen molar-refractivity contribution in [3.05, 3.63) is 27.6 Å². The smallest absolute Gasteiger partial charge is 0.294 e. The predicted molar refractivity (Wildman–Crippen MR) is 70.2 cm³/mol. The number of nitrogens with zero attached hydrogens (tertiary/aromatic N) is 3. The Balaban J connectivity index is 2.32. The van der Waals surface area contributed by atoms with Gasteiger partial charge in [-0.3, -0.25) is 10.1 Å². The molecule has 2 rings (SSSR count). The lowest BCUT2D eigenvalue weighted by Gasteiger charge is -2.04. The molecular weight excluding hydrogens is 290 g/mol. The zero-order chi connectivity index (χ0) is 13.8. The first-order valence-corrected chi connectivity index (χ1v) is 6.70. The molecule has 7 nitrogen and oxygen atoms in total. The van der Waals surface area contributed by atoms with Crippen LogP contribution in [0.2, 0.25) is 0 Å². The summed E-state index contributed by atoms with van der Waals surface area (Å²) in [7, 11) is 2.95. The molecule has 0 amide bonds. The van der Waals surface area contributed by atoms with Gasteiger partial charge in [-0.1, -0.05) is 0 Å². The molecule has 0 fully saturated rings. The van der Waals surface area contributed by atoms with Crippen LogP contribution in [-0.4, -0.2) is 29.1 Å². The lowest BCUT2D eigenvalue weighted by atomic mass is 10.6. The van der Waals surface area contributed by atoms with Crippen molar-refractivity contribution in [2.75, 3.05) is 14.2 Å². The minimum atomic E-state index is -0.434. The zero-order valence-electron chi connectivity index (χ0n) is 10.0. The third kappa shape index (κ3) is 3.12. The average Bonchev–Trinajstić information content (AvgIpc) is 2.86. The van der Waals surface area contributed by atoms with E-state index in [9.17, 15) is 10.1 Å². The van der Waals surface area contributed by atoms with E-state index in [2.05, 4.69) is 9.97 Å². The van der Waals surface area contributed by atoms with Gasteiger partial charge in [0.25, 0.3) is 5.69 Å². The van der Waals surface area contributed by atoms with Gasteiger partial charge in [-0.15, -0.1) is 11.3 Å². The summed E-state index contributed by atoms with van der Waals surface area (Å²) in [6.07, 6.45) is 0. The van der Waals surface area contributed by atoms with Crippen LogP contribution in [0.25, 0.3) is 0 Å². The molecule has 2 heterocycles. The van der Waals surface area contributed by atoms with Crippen LogP contribution in [0, 0.1) is 10.1 Å². The molecule has 0 aromatic carbocycles. The molecule has 0 atom stereocenters. The topological polar surface area (TPSA) is 87.4 Å². The van der Waals surface area contributed by atoms with E-state index in [0.717, 1.165) is 11.8 Å². The van der Waals surface area contributed by atoms with Crippen molar-refractivity contribution in [2.24, 2.45) is 0 Å². The van der Waals surface area contributed by atoms with Crippen LogP contribution in [0.4, 0.5) is 5.69 Å². The molecule has 100 valence electrons. The van der Waals surface area contributed by atoms with E-state index in [1.54, 1.807) is 5.38 Å². The molecule has 0 aliphatic rings. The summed E-state index contributed by atoms with van der Waals surface area (Å²) in [5, 5.41) is 12.8. The summed E-state index contributed by atoms with van der Waals surface area (Å²) in [5.74, 6) is 0.683. The number of rotatable bonds is 5. The molecule has 2 aromatic heterocycles. The van der Waals surface area contributed by atoms with Gasteiger partial charge in [0.1, 0.15) is 4.21 Å². The molecule has 2 aromatic rings. The molecule has 0 saturated heterocycles. The molecule has 19 heavy (non-hydrogen) atoms. The number of methoxy groups -OCH3 is 2. The quantitative estimate of drug-likeness (QED) is 0.476. The van der Waals surface area contributed by atoms with Crippen molar-refractivity contribution in [2.45, 2.75) is 9.37 Å². The summed E-state index contributed by atoms with van der Waals surface area (Å²) in [5.41, 5.74) is 0.0420. The molecule has 9 heteroatoms. The van der Waals surface area contributed by atoms with Gasteiger partial charge in [0.15, 0.2) is 5.16 Å². The van der Waals surface area contributed by atoms with Gasteiger partial charge in [0, 0.05) is 6.07 Å². The van der Waals surface area contributed by atoms with Crippen LogP contribution < -0.4 is 9.47 Å². The number of hydrogen-bond donors (Lipinski definition) is 0. The van der Waals surface area contributed by atoms with Gasteiger partial charge in [-0.2, -0.15) is 9.97 Å². The van der Waals surface area contributed by atoms with Crippen molar-refractivity contribution >= 4 is 28.8 Å². The highest BCUT2D eigenvalue weighted by Crippen LogP contribution is 2.38. The van der Waals surface area contributed by atoms with Crippen LogP contribution in [0.5, 0.6) is 11.8 Å². The van der Waals surface area contributed by atoms with Crippen molar-refractivity contribution in [3.8, 4) is 11.8 Å². The van der Waals surface area contributed by atoms with Gasteiger partial charge in [-0.05, 0) is 17.1 Å². The second kappa shape index (κ2) is 5.85. The van der Waals surface area contributed by atoms with Crippen LogP contribution in [0.15, 0.2) is 26.9 Å². The first-order valence-electron chi connectivity index (χ1n) is 5.01. The van der Waals surface area contributed by atoms with Gasteiger partial charge in [-0.25, -0.2) is 0 Å². The summed E-state index contributed by atoms with van der Waals surface area (Å²) in [6.45, 7) is 0. The van der Waals surface area contributed by atoms with Crippen LogP contribution in [-0.2, 0) is 0 Å². The predicted octanol–water partition coefficient (Wildman–Crippen LogP) is 2.61. The third-order valence-electron chi connectivity index (χ3n) is 2.07. The van der Waals surface area contributed by atoms with Gasteiger partial charge < -0.3 is 9.47 Å². The van der Waals surface area contributed by atoms with Crippen molar-refractivity contribution in [3.63, 3.8) is 0 Å². The van der Waals surface area contributed by atoms with Gasteiger partial charge in [0.2, 0.25) is 11.8 Å². The van der Waals surface area contributed by atoms with Crippen molar-refractivity contribution < 1.29 is 14.4 Å². The number of aromatic nitrogens is 2. The van der Waals surface area contributed by atoms with Crippen LogP contribution in [0.1, 0.15) is 0 Å². The van der Waals surface area contributed by atoms with Crippen molar-refractivity contribution in [1.82, 2.24) is 9.97 Å². The highest BCUT2D eigenvalue weighted by molar-refractivity contribution is 8.01. The van der Waals surface area contributed by atoms with Gasteiger partial charge in [0.05, 0.1) is 25.2 Å². The Morgan fingerprint density at radius 1 is 1.32 bits per heavy atom. The molecule has 0 aliphatic heterocycles. The van der Waals surface area contributed by atoms with Crippen molar-refractivity contribution in [1.29, 1.82) is 0 Å². The Bertz CT molecular complexity index is 580. The summed E-state index contributed by atoms with van der Waals surface area (Å²) in [4.78, 5) is 18.6. The Labute approximate surface area is 116 Å². The second-order valence-corrected chi connectivity index (χ2v) is 5.34. The summed E-state index contributed by atoms with van der Waals surface area (Å²) < 4.78 is 10.6. The SMILES string of the molecule is COc1cc(OC)nc(Sc2sccc2[N+](=O)[O-])n1. The van der Waals surface area contributed by atoms with E-state index in [-0.39, 0.29) is 5.69 Å². The Kier molecular flexibility index (Phi) is 4.17. The monoisotopic (exact) mass is 299 g/mol. The highest BCUT2D eigenvalue weighted by Gasteiger charge is 2.18. The Morgan fingerprint density at radius 2 is 1.95 bits per heavy atom. The Hall–Kier alpha value is -1.87. The molecule has 0 bridgehead atoms. The summed E-state index contributed by atoms with van der Waals surface area (Å²) in [6, 6.07) is 2.98. The lowest BCUT2D eigenvalue weighted by molar-refractivity contribution is -0.387. The molecule has 0 spiro atoms. The number of thiophene rings is 1. The van der Waals surface area contributed by atoms with E-state index in [1.165, 1.54) is 37.7 Å². The molecule has 0 N–H and O–H groups in total. The van der Waals surface area contributed by atoms with Crippen LogP contribution >= 0.6 is 23.1 Å². The highest BCUT2D eigenvalue weighted by atomic mass is 32.2. The van der Waals surface area contributed by atoms with E-state index in [4.69, 9.17) is 9.47 Å². The molecule has 0 aliphatic carbocycles. The number of hydrogen-bond acceptors (Lipinski definition) is 8. The molecule has 0 radical (unpaired) electrons. The normalized spacial score (nSPS) is 10.2. The minimum Gasteiger partial charge on any atom is -0.481 e. The fraction of sp³-hybridized carbons (Fsp3) is 0.200. The molecule has 0 unspecified atom stereocenters. The summed E-state index contributed by atoms with van der Waals surface area (Å²) >= 11 is 2.36. The maximum absolute atomic E-state index is 10.8. The van der Waals surface area contributed by atoms with Gasteiger partial charge >= 0.3 is 0 Å². The Morgan fingerprint density at radius 3 is 2.47 bits per heavy atom. The molecule has 0 saturated carbocycles. The standard InChI is InChI=1S/C10H9N3O4S2/c1-16-7-5-8(17-2)12-10(11-7)19-9-6(13(14)15)3-4-18-9/h3-5H,1-2H3. The van der Waals surface area contributed by atoms with Crippen LogP contribution in [0.3, 0.4) is 0 Å². The average molecular weight is 299 g/mol. The maximum Gasteiger partial charge on any atom is 0.294 e. The first-order chi connectivity index (χ1) is 9.13. The second-order valence-electron chi connectivity index (χ2n) is 3.19. The van der Waals surface area contributed by atoms with E-state index in [0.29, 0.717) is 21.1 Å². The minimum absolute atomic E-state index is 0.0420. The van der Waals surface area contributed by atoms with E-state index in [1.807, 2.05) is 0 Å². The fourth-order valence-electron chi connectivity index (χ4n) is 1.22.